The minimum Gasteiger partial charge on any atom is -0.466 e. The maximum Gasteiger partial charge on any atom is 0.302 e. The van der Waals surface area contributed by atoms with Gasteiger partial charge in [0.05, 0.1) is 36.7 Å². The molecule has 0 saturated heterocycles. The van der Waals surface area contributed by atoms with Crippen LogP contribution in [0.5, 0.6) is 0 Å². The normalized spacial score (nSPS) is 28.2. The summed E-state index contributed by atoms with van der Waals surface area (Å²) in [6.45, 7) is 13.5. The number of carbonyl (C=O) groups excluding carboxylic acids is 3. The molecule has 19 heteroatoms. The van der Waals surface area contributed by atoms with Crippen molar-refractivity contribution >= 4 is 55.7 Å². The van der Waals surface area contributed by atoms with Crippen LogP contribution in [0.25, 0.3) is 0 Å². The molecule has 4 N–H and O–H groups in total. The molecule has 1 atom stereocenters. The molecule has 5 spiro atoms. The SMILES string of the molecule is C=C=N[Si](C)(C)C.CCOC(C)=O.CNO.COC1CCC2(CC1)Cc1ccc(C#CC3CC3)cc1C2=O.COC1CCC2(CC1)Cc1ccc(CCC3CC3)cc1C21N=C(N)N(C)O1.COC1CCC2(CC1)Cc1ccc(CCC3CC3)cc1C2=NC#N.COC1CCC2(CC1)Cc1ccc(CCC3CC3)cc1C2=O.Cl. The van der Waals surface area contributed by atoms with Crippen LogP contribution in [0.2, 0.25) is 19.6 Å². The first-order valence-electron chi connectivity index (χ1n) is 42.1. The van der Waals surface area contributed by atoms with Gasteiger partial charge < -0.3 is 34.6 Å². The van der Waals surface area contributed by atoms with Crippen molar-refractivity contribution in [2.75, 3.05) is 49.1 Å². The number of hydroxylamine groups is 3. The summed E-state index contributed by atoms with van der Waals surface area (Å²) in [4.78, 5) is 51.6. The van der Waals surface area contributed by atoms with E-state index >= 15 is 0 Å². The summed E-state index contributed by atoms with van der Waals surface area (Å²) in [7, 11) is 9.30. The molecular formula is C93H130ClN7O10Si. The van der Waals surface area contributed by atoms with E-state index in [9.17, 15) is 19.6 Å². The number of methoxy groups -OCH3 is 4. The van der Waals surface area contributed by atoms with Crippen molar-refractivity contribution in [3.8, 4) is 18.0 Å². The van der Waals surface area contributed by atoms with E-state index in [2.05, 4.69) is 131 Å². The number of nitrogens with two attached hydrogens (primary N) is 1. The van der Waals surface area contributed by atoms with E-state index in [1.165, 1.54) is 135 Å². The van der Waals surface area contributed by atoms with Crippen molar-refractivity contribution in [1.82, 2.24) is 10.5 Å². The van der Waals surface area contributed by atoms with Crippen molar-refractivity contribution in [2.24, 2.45) is 65.7 Å². The molecule has 4 aromatic rings. The number of nitrogens with one attached hydrogen (secondary N) is 1. The number of ketones is 2. The van der Waals surface area contributed by atoms with Crippen LogP contribution >= 0.6 is 12.4 Å². The van der Waals surface area contributed by atoms with Crippen molar-refractivity contribution in [1.29, 1.82) is 5.26 Å². The molecule has 0 bridgehead atoms. The highest BCUT2D eigenvalue weighted by Gasteiger charge is 2.63. The van der Waals surface area contributed by atoms with Gasteiger partial charge >= 0.3 is 5.97 Å². The third-order valence-electron chi connectivity index (χ3n) is 26.3. The zero-order chi connectivity index (χ0) is 79.1. The van der Waals surface area contributed by atoms with E-state index < -0.39 is 14.0 Å². The first kappa shape index (κ1) is 87.7. The maximum absolute atomic E-state index is 13.0. The predicted molar refractivity (Wildman–Crippen MR) is 450 cm³/mol. The number of hydrogen-bond acceptors (Lipinski definition) is 17. The van der Waals surface area contributed by atoms with Gasteiger partial charge in [0.2, 0.25) is 17.9 Å². The number of nitrogens with zero attached hydrogens (tertiary/aromatic N) is 5. The van der Waals surface area contributed by atoms with Crippen LogP contribution < -0.4 is 11.2 Å². The minimum atomic E-state index is -1.21. The van der Waals surface area contributed by atoms with Crippen molar-refractivity contribution in [3.63, 3.8) is 0 Å². The number of Topliss-reactive ketones (excluding diaryl/α,β-unsaturated/α-hetero) is 2. The first-order chi connectivity index (χ1) is 53.4. The molecule has 17 nitrogen and oxygen atoms in total. The summed E-state index contributed by atoms with van der Waals surface area (Å²) in [5.41, 5.74) is 23.1. The quantitative estimate of drug-likeness (QED) is 0.0251. The van der Waals surface area contributed by atoms with E-state index in [1.807, 2.05) is 27.3 Å². The third-order valence-corrected chi connectivity index (χ3v) is 27.2. The zero-order valence-corrected chi connectivity index (χ0v) is 71.2. The Bertz CT molecular complexity index is 4100. The molecule has 0 radical (unpaired) electrons. The van der Waals surface area contributed by atoms with Crippen LogP contribution in [-0.4, -0.2) is 127 Å². The Morgan fingerprint density at radius 2 is 1.04 bits per heavy atom. The Labute approximate surface area is 676 Å². The van der Waals surface area contributed by atoms with Crippen LogP contribution in [0.1, 0.15) is 264 Å². The number of fused-ring (bicyclic) bond motifs is 6. The maximum atomic E-state index is 13.0. The second-order valence-electron chi connectivity index (χ2n) is 35.4. The fourth-order valence-electron chi connectivity index (χ4n) is 19.0. The lowest BCUT2D eigenvalue weighted by atomic mass is 9.66. The van der Waals surface area contributed by atoms with Gasteiger partial charge in [0.1, 0.15) is 0 Å². The van der Waals surface area contributed by atoms with E-state index in [4.69, 9.17) is 39.7 Å². The summed E-state index contributed by atoms with van der Waals surface area (Å²) in [6.07, 6.45) is 42.3. The number of carbonyl (C=O) groups is 3. The van der Waals surface area contributed by atoms with Gasteiger partial charge in [-0.1, -0.05) is 98.9 Å². The smallest absolute Gasteiger partial charge is 0.302 e. The topological polar surface area (TPSA) is 229 Å². The number of aryl methyl sites for hydroxylation is 3. The number of esters is 1. The molecule has 8 saturated carbocycles. The van der Waals surface area contributed by atoms with Gasteiger partial charge in [-0.05, 0) is 300 Å². The van der Waals surface area contributed by atoms with Crippen LogP contribution in [0.4, 0.5) is 0 Å². The van der Waals surface area contributed by atoms with Crippen LogP contribution in [0.15, 0.2) is 94.0 Å². The Kier molecular flexibility index (Phi) is 30.8. The molecule has 608 valence electrons. The highest BCUT2D eigenvalue weighted by molar-refractivity contribution is 6.75. The highest BCUT2D eigenvalue weighted by atomic mass is 35.5. The Morgan fingerprint density at radius 3 is 1.42 bits per heavy atom. The number of rotatable bonds is 15. The second kappa shape index (κ2) is 39.3. The number of halogens is 1. The van der Waals surface area contributed by atoms with Gasteiger partial charge in [-0.3, -0.25) is 19.0 Å². The zero-order valence-electron chi connectivity index (χ0n) is 69.3. The number of ether oxygens (including phenoxy) is 5. The molecule has 0 amide bonds. The Morgan fingerprint density at radius 1 is 0.625 bits per heavy atom. The lowest BCUT2D eigenvalue weighted by molar-refractivity contribution is -0.232. The minimum absolute atomic E-state index is 0. The Hall–Kier alpha value is -6.64. The average Bonchev–Trinajstić information content (AvgIpc) is 1.53. The lowest BCUT2D eigenvalue weighted by Gasteiger charge is -2.45. The van der Waals surface area contributed by atoms with E-state index in [0.29, 0.717) is 54.5 Å². The van der Waals surface area contributed by atoms with Gasteiger partial charge in [-0.2, -0.15) is 10.3 Å². The number of aliphatic imine (C=N–C) groups is 2. The number of guanidine groups is 1. The molecule has 0 aromatic heterocycles. The van der Waals surface area contributed by atoms with Crippen molar-refractivity contribution in [2.45, 2.75) is 282 Å². The van der Waals surface area contributed by atoms with Gasteiger partial charge in [0, 0.05) is 105 Å². The van der Waals surface area contributed by atoms with Gasteiger partial charge in [-0.15, -0.1) is 12.4 Å². The van der Waals surface area contributed by atoms with Crippen LogP contribution in [0.3, 0.4) is 0 Å². The molecule has 4 aromatic carbocycles. The monoisotopic (exact) mass is 1570 g/mol. The summed E-state index contributed by atoms with van der Waals surface area (Å²) in [6, 6.07) is 26.9. The molecule has 1 aliphatic heterocycles. The predicted octanol–water partition coefficient (Wildman–Crippen LogP) is 18.3. The molecule has 17 rings (SSSR count). The average molecular weight is 1570 g/mol. The van der Waals surface area contributed by atoms with E-state index in [1.54, 1.807) is 31.7 Å². The first-order valence-corrected chi connectivity index (χ1v) is 45.5. The molecule has 13 aliphatic rings. The van der Waals surface area contributed by atoms with Gasteiger partial charge in [0.25, 0.3) is 0 Å². The summed E-state index contributed by atoms with van der Waals surface area (Å²) in [5.74, 6) is 13.6. The molecule has 1 unspecified atom stereocenters. The van der Waals surface area contributed by atoms with Gasteiger partial charge in [0.15, 0.2) is 19.8 Å². The molecular weight excluding hydrogens is 1440 g/mol. The van der Waals surface area contributed by atoms with Crippen molar-refractivity contribution < 1.29 is 48.1 Å². The van der Waals surface area contributed by atoms with Crippen LogP contribution in [0, 0.1) is 68.6 Å². The number of hydrogen-bond donors (Lipinski definition) is 3. The summed E-state index contributed by atoms with van der Waals surface area (Å²) in [5, 5.41) is 18.2. The van der Waals surface area contributed by atoms with Gasteiger partial charge in [-0.25, -0.2) is 20.4 Å². The standard InChI is InChI=1S/C22H31N3O2.C21H26N2O.C20H26O2.C20H22O2.C5H11NSi.C4H8O2.CH5NO.ClH/c1-25-20(23)24-22(27-25)19-13-16(6-5-15-3-4-15)7-8-17(19)14-21(22)11-9-18(26-2)10-12-21;1-24-18-8-10-21(11-9-18)13-17-7-6-16(5-4-15-2-3-15)12-19(17)20(21)23-14-22;2*1-22-17-8-10-20(11-9-17)13-16-7-6-15(5-4-14-2-3-14)12-18(16)19(20)21;1-5-6-7(2,3)4;1-3-6-4(2)5;1-2-3;/h7-8,13,15,18H,3-6,9-12,14H2,1-2H3,(H2,23,24);6-7,12,15,18H,2-5,8-11,13H2,1H3;6-7,12,14,17H,2-5,8-11,13H2,1H3;6-7,12,14,17H,2-3,8-11,13H2,1H3;1H2,2-4H3;3H2,1-2H3;2-3H,1H3;1H. The lowest BCUT2D eigenvalue weighted by Crippen LogP contribution is -2.46. The number of benzene rings is 4. The fraction of sp³-hybridized carbons (Fsp3) is 0.634. The van der Waals surface area contributed by atoms with Crippen LogP contribution in [-0.2, 0) is 84.0 Å². The van der Waals surface area contributed by atoms with E-state index in [-0.39, 0.29) is 40.0 Å². The summed E-state index contributed by atoms with van der Waals surface area (Å²) >= 11 is 0. The molecule has 112 heavy (non-hydrogen) atoms. The van der Waals surface area contributed by atoms with E-state index in [0.717, 1.165) is 188 Å². The molecule has 1 heterocycles. The third kappa shape index (κ3) is 21.9. The highest BCUT2D eigenvalue weighted by Crippen LogP contribution is 2.62. The number of nitriles is 1. The Balaban J connectivity index is 0.000000148. The largest absolute Gasteiger partial charge is 0.466 e. The fourth-order valence-corrected chi connectivity index (χ4v) is 19.5. The molecule has 8 fully saturated rings. The van der Waals surface area contributed by atoms with Crippen molar-refractivity contribution in [3.05, 3.63) is 146 Å². The molecule has 12 aliphatic carbocycles. The second-order valence-corrected chi connectivity index (χ2v) is 40.0. The summed E-state index contributed by atoms with van der Waals surface area (Å²) < 4.78 is 30.5.